The summed E-state index contributed by atoms with van der Waals surface area (Å²) in [5.41, 5.74) is 12.2. The van der Waals surface area contributed by atoms with Gasteiger partial charge in [-0.1, -0.05) is 131 Å². The molecule has 0 aliphatic carbocycles. The van der Waals surface area contributed by atoms with Crippen LogP contribution in [-0.2, 0) is 18.3 Å². The van der Waals surface area contributed by atoms with Gasteiger partial charge >= 0.3 is 0 Å². The number of hydrogen-bond acceptors (Lipinski definition) is 4. The van der Waals surface area contributed by atoms with E-state index in [-0.39, 0.29) is 16.2 Å². The van der Waals surface area contributed by atoms with Crippen molar-refractivity contribution in [3.8, 4) is 28.4 Å². The zero-order chi connectivity index (χ0) is 42.6. The van der Waals surface area contributed by atoms with Crippen molar-refractivity contribution in [2.75, 3.05) is 16.5 Å². The fourth-order valence-corrected chi connectivity index (χ4v) is 8.67. The molecule has 0 saturated carbocycles. The summed E-state index contributed by atoms with van der Waals surface area (Å²) in [6.07, 6.45) is 6.40. The zero-order valence-corrected chi connectivity index (χ0v) is 37.6. The maximum atomic E-state index is 6.97. The van der Waals surface area contributed by atoms with Crippen LogP contribution in [0.15, 0.2) is 139 Å². The molecule has 308 valence electrons. The van der Waals surface area contributed by atoms with Crippen LogP contribution in [0.3, 0.4) is 0 Å². The maximum Gasteiger partial charge on any atom is 0.137 e. The van der Waals surface area contributed by atoms with Gasteiger partial charge in [0.15, 0.2) is 0 Å². The molecule has 5 nitrogen and oxygen atoms in total. The van der Waals surface area contributed by atoms with Crippen LogP contribution >= 0.6 is 0 Å². The molecule has 0 atom stereocenters. The molecule has 0 radical (unpaired) electrons. The van der Waals surface area contributed by atoms with Crippen molar-refractivity contribution in [2.24, 2.45) is 16.7 Å². The first-order valence-corrected chi connectivity index (χ1v) is 21.7. The summed E-state index contributed by atoms with van der Waals surface area (Å²) >= 11 is 0. The van der Waals surface area contributed by atoms with Gasteiger partial charge in [-0.2, -0.15) is 0 Å². The Kier molecular flexibility index (Phi) is 10.7. The Labute approximate surface area is 358 Å². The van der Waals surface area contributed by atoms with E-state index in [0.29, 0.717) is 12.6 Å². The second-order valence-corrected chi connectivity index (χ2v) is 20.5. The van der Waals surface area contributed by atoms with E-state index >= 15 is 0 Å². The Morgan fingerprint density at radius 3 is 2.05 bits per heavy atom. The molecule has 0 bridgehead atoms. The topological polar surface area (TPSA) is 33.5 Å². The van der Waals surface area contributed by atoms with Crippen LogP contribution in [0.1, 0.15) is 92.9 Å². The SMILES string of the molecule is CC(C)Cc1cc(CC(C)(C)C)cc(N2C=C(C(C)(C)C)N(c3cc(Oc4ccc5c6ccccc6n(-c6cc(C(C)(C)C)ccn6)c5c4)cc(-c4ccccc4)c3)C2)c1. The first-order valence-electron chi connectivity index (χ1n) is 21.7. The van der Waals surface area contributed by atoms with Crippen LogP contribution in [0.5, 0.6) is 11.5 Å². The molecule has 0 unspecified atom stereocenters. The lowest BCUT2D eigenvalue weighted by Gasteiger charge is -2.31. The second kappa shape index (κ2) is 15.7. The highest BCUT2D eigenvalue weighted by Gasteiger charge is 2.32. The molecule has 60 heavy (non-hydrogen) atoms. The van der Waals surface area contributed by atoms with E-state index < -0.39 is 0 Å². The van der Waals surface area contributed by atoms with Gasteiger partial charge in [0.2, 0.25) is 0 Å². The zero-order valence-electron chi connectivity index (χ0n) is 37.6. The molecule has 1 aliphatic rings. The van der Waals surface area contributed by atoms with Gasteiger partial charge in [-0.25, -0.2) is 4.98 Å². The average molecular weight is 795 g/mol. The lowest BCUT2D eigenvalue weighted by Crippen LogP contribution is -2.30. The largest absolute Gasteiger partial charge is 0.457 e. The number of ether oxygens (including phenoxy) is 1. The number of hydrogen-bond donors (Lipinski definition) is 0. The Morgan fingerprint density at radius 1 is 0.617 bits per heavy atom. The maximum absolute atomic E-state index is 6.97. The van der Waals surface area contributed by atoms with Gasteiger partial charge in [0, 0.05) is 57.8 Å². The van der Waals surface area contributed by atoms with Crippen molar-refractivity contribution in [1.29, 1.82) is 0 Å². The third-order valence-corrected chi connectivity index (χ3v) is 11.4. The summed E-state index contributed by atoms with van der Waals surface area (Å²) in [6, 6.07) is 44.0. The smallest absolute Gasteiger partial charge is 0.137 e. The standard InChI is InChI=1S/C55H62N4O/c1-37(2)25-38-26-39(34-53(3,4)5)28-43(27-38)57-35-51(55(9,10)11)58(36-57)44-29-41(40-17-13-12-14-18-40)30-46(32-44)60-45-21-22-48-47-19-15-16-20-49(47)59(50(48)33-45)52-31-42(23-24-56-52)54(6,7)8/h12-24,26-33,35,37H,25,34,36H2,1-11H3. The number of para-hydroxylation sites is 1. The van der Waals surface area contributed by atoms with Crippen molar-refractivity contribution in [3.63, 3.8) is 0 Å². The summed E-state index contributed by atoms with van der Waals surface area (Å²) in [4.78, 5) is 9.83. The third-order valence-electron chi connectivity index (χ3n) is 11.4. The number of fused-ring (bicyclic) bond motifs is 3. The Balaban J connectivity index is 1.22. The van der Waals surface area contributed by atoms with Crippen molar-refractivity contribution < 1.29 is 4.74 Å². The molecule has 8 rings (SSSR count). The monoisotopic (exact) mass is 794 g/mol. The first kappa shape index (κ1) is 40.9. The predicted octanol–water partition coefficient (Wildman–Crippen LogP) is 14.9. The Bertz CT molecular complexity index is 2700. The van der Waals surface area contributed by atoms with Crippen molar-refractivity contribution in [3.05, 3.63) is 156 Å². The van der Waals surface area contributed by atoms with Gasteiger partial charge < -0.3 is 14.5 Å². The molecule has 0 saturated heterocycles. The van der Waals surface area contributed by atoms with Crippen LogP contribution < -0.4 is 14.5 Å². The van der Waals surface area contributed by atoms with E-state index in [4.69, 9.17) is 9.72 Å². The number of pyridine rings is 1. The minimum absolute atomic E-state index is 0.00634. The molecular weight excluding hydrogens is 733 g/mol. The lowest BCUT2D eigenvalue weighted by molar-refractivity contribution is 0.411. The molecule has 0 spiro atoms. The molecule has 0 N–H and O–H groups in total. The van der Waals surface area contributed by atoms with Crippen molar-refractivity contribution in [2.45, 2.75) is 94.4 Å². The third kappa shape index (κ3) is 8.73. The molecule has 5 aromatic carbocycles. The molecule has 7 aromatic rings. The van der Waals surface area contributed by atoms with E-state index in [2.05, 4.69) is 218 Å². The molecule has 1 aliphatic heterocycles. The van der Waals surface area contributed by atoms with E-state index in [1.165, 1.54) is 38.8 Å². The van der Waals surface area contributed by atoms with Crippen LogP contribution in [0, 0.1) is 16.7 Å². The van der Waals surface area contributed by atoms with Gasteiger partial charge in [-0.3, -0.25) is 4.57 Å². The van der Waals surface area contributed by atoms with Gasteiger partial charge in [0.05, 0.1) is 17.7 Å². The van der Waals surface area contributed by atoms with Gasteiger partial charge in [-0.05, 0) is 112 Å². The number of anilines is 2. The summed E-state index contributed by atoms with van der Waals surface area (Å²) in [7, 11) is 0. The van der Waals surface area contributed by atoms with Gasteiger partial charge in [-0.15, -0.1) is 0 Å². The van der Waals surface area contributed by atoms with E-state index in [9.17, 15) is 0 Å². The normalized spacial score (nSPS) is 13.8. The minimum atomic E-state index is -0.112. The van der Waals surface area contributed by atoms with Gasteiger partial charge in [0.1, 0.15) is 17.3 Å². The molecule has 2 aromatic heterocycles. The van der Waals surface area contributed by atoms with Crippen LogP contribution in [0.25, 0.3) is 38.8 Å². The highest BCUT2D eigenvalue weighted by atomic mass is 16.5. The predicted molar refractivity (Wildman–Crippen MR) is 255 cm³/mol. The summed E-state index contributed by atoms with van der Waals surface area (Å²) < 4.78 is 9.25. The lowest BCUT2D eigenvalue weighted by atomic mass is 9.86. The quantitative estimate of drug-likeness (QED) is 0.146. The first-order chi connectivity index (χ1) is 28.4. The molecule has 3 heterocycles. The Hall–Kier alpha value is -5.81. The summed E-state index contributed by atoms with van der Waals surface area (Å²) in [6.45, 7) is 26.0. The highest BCUT2D eigenvalue weighted by Crippen LogP contribution is 2.43. The van der Waals surface area contributed by atoms with Crippen LogP contribution in [0.4, 0.5) is 11.4 Å². The van der Waals surface area contributed by atoms with E-state index in [0.717, 1.165) is 58.0 Å². The number of benzene rings is 5. The second-order valence-electron chi connectivity index (χ2n) is 20.5. The van der Waals surface area contributed by atoms with E-state index in [1.807, 2.05) is 6.20 Å². The molecule has 0 amide bonds. The number of allylic oxidation sites excluding steroid dienone is 1. The number of nitrogens with zero attached hydrogens (tertiary/aromatic N) is 4. The molecule has 0 fully saturated rings. The fourth-order valence-electron chi connectivity index (χ4n) is 8.67. The van der Waals surface area contributed by atoms with Crippen molar-refractivity contribution in [1.82, 2.24) is 9.55 Å². The molecule has 5 heteroatoms. The van der Waals surface area contributed by atoms with E-state index in [1.54, 1.807) is 0 Å². The number of rotatable bonds is 9. The summed E-state index contributed by atoms with van der Waals surface area (Å²) in [5, 5.41) is 2.36. The van der Waals surface area contributed by atoms with Crippen LogP contribution in [-0.4, -0.2) is 16.2 Å². The van der Waals surface area contributed by atoms with Crippen molar-refractivity contribution >= 4 is 33.2 Å². The van der Waals surface area contributed by atoms with Crippen LogP contribution in [0.2, 0.25) is 0 Å². The van der Waals surface area contributed by atoms with Gasteiger partial charge in [0.25, 0.3) is 0 Å². The average Bonchev–Trinajstić information content (AvgIpc) is 3.78. The number of aromatic nitrogens is 2. The minimum Gasteiger partial charge on any atom is -0.457 e. The summed E-state index contributed by atoms with van der Waals surface area (Å²) in [5.74, 6) is 3.05. The molecular formula is C55H62N4O. The fraction of sp³-hybridized carbons (Fsp3) is 0.327. The Morgan fingerprint density at radius 2 is 1.33 bits per heavy atom. The highest BCUT2D eigenvalue weighted by molar-refractivity contribution is 6.09.